The molecule has 1 amide bonds. The first kappa shape index (κ1) is 23.8. The molecule has 1 unspecified atom stereocenters. The number of carboxylic acids is 2. The number of nitrogens with one attached hydrogen (secondary N) is 1. The summed E-state index contributed by atoms with van der Waals surface area (Å²) in [4.78, 5) is 44.5. The van der Waals surface area contributed by atoms with Crippen molar-refractivity contribution < 1.29 is 29.3 Å². The molecule has 4 aromatic rings. The van der Waals surface area contributed by atoms with Crippen molar-refractivity contribution in [2.45, 2.75) is 25.3 Å². The molecule has 4 rings (SSSR count). The number of ether oxygens (including phenoxy) is 1. The number of carbonyl (C=O) groups is 3. The Morgan fingerprint density at radius 1 is 0.943 bits per heavy atom. The molecule has 2 aromatic carbocycles. The SMILES string of the molecule is O=C(O)CCC(NC(=O)Cc1ccc(Oc2nc3ccccc3nc2-c2cccs2)cc1)C(=O)O. The third-order valence-electron chi connectivity index (χ3n) is 5.08. The van der Waals surface area contributed by atoms with Gasteiger partial charge in [-0.15, -0.1) is 11.3 Å². The molecule has 0 radical (unpaired) electrons. The standard InChI is InChI=1S/C25H21N3O6S/c29-21(26-19(25(32)33)11-12-22(30)31)14-15-7-9-16(10-8-15)34-24-23(20-6-3-13-35-20)27-17-4-1-2-5-18(17)28-24/h1-10,13,19H,11-12,14H2,(H,26,29)(H,30,31)(H,32,33). The predicted molar refractivity (Wildman–Crippen MR) is 130 cm³/mol. The molecule has 0 spiro atoms. The molecule has 0 aliphatic carbocycles. The van der Waals surface area contributed by atoms with Crippen LogP contribution in [0.1, 0.15) is 18.4 Å². The van der Waals surface area contributed by atoms with E-state index in [1.165, 1.54) is 11.3 Å². The second-order valence-corrected chi connectivity index (χ2v) is 8.60. The largest absolute Gasteiger partial charge is 0.481 e. The van der Waals surface area contributed by atoms with E-state index in [0.717, 1.165) is 10.4 Å². The molecule has 2 aromatic heterocycles. The van der Waals surface area contributed by atoms with Crippen LogP contribution in [0.25, 0.3) is 21.6 Å². The number of hydrogen-bond acceptors (Lipinski definition) is 7. The molecule has 178 valence electrons. The lowest BCUT2D eigenvalue weighted by Crippen LogP contribution is -2.41. The summed E-state index contributed by atoms with van der Waals surface area (Å²) in [5, 5.41) is 22.3. The zero-order chi connectivity index (χ0) is 24.8. The summed E-state index contributed by atoms with van der Waals surface area (Å²) in [5.74, 6) is -2.06. The van der Waals surface area contributed by atoms with Crippen LogP contribution in [-0.4, -0.2) is 44.1 Å². The van der Waals surface area contributed by atoms with Crippen molar-refractivity contribution in [2.75, 3.05) is 0 Å². The summed E-state index contributed by atoms with van der Waals surface area (Å²) in [6.07, 6.45) is -0.607. The molecule has 3 N–H and O–H groups in total. The highest BCUT2D eigenvalue weighted by Gasteiger charge is 2.21. The highest BCUT2D eigenvalue weighted by molar-refractivity contribution is 7.13. The lowest BCUT2D eigenvalue weighted by atomic mass is 10.1. The predicted octanol–water partition coefficient (Wildman–Crippen LogP) is 4.13. The van der Waals surface area contributed by atoms with Crippen molar-refractivity contribution in [1.29, 1.82) is 0 Å². The summed E-state index contributed by atoms with van der Waals surface area (Å²) >= 11 is 1.53. The molecule has 0 fully saturated rings. The fourth-order valence-corrected chi connectivity index (χ4v) is 4.08. The Morgan fingerprint density at radius 3 is 2.29 bits per heavy atom. The topological polar surface area (TPSA) is 139 Å². The number of benzene rings is 2. The normalized spacial score (nSPS) is 11.7. The summed E-state index contributed by atoms with van der Waals surface area (Å²) in [5.41, 5.74) is 2.73. The number of fused-ring (bicyclic) bond motifs is 1. The van der Waals surface area contributed by atoms with Crippen LogP contribution in [0.4, 0.5) is 0 Å². The first-order chi connectivity index (χ1) is 16.9. The monoisotopic (exact) mass is 491 g/mol. The number of amides is 1. The summed E-state index contributed by atoms with van der Waals surface area (Å²) in [7, 11) is 0. The smallest absolute Gasteiger partial charge is 0.326 e. The van der Waals surface area contributed by atoms with Gasteiger partial charge >= 0.3 is 11.9 Å². The Morgan fingerprint density at radius 2 is 1.66 bits per heavy atom. The summed E-state index contributed by atoms with van der Waals surface area (Å²) in [6, 6.07) is 16.9. The molecule has 0 bridgehead atoms. The van der Waals surface area contributed by atoms with Gasteiger partial charge in [0, 0.05) is 6.42 Å². The maximum Gasteiger partial charge on any atom is 0.326 e. The van der Waals surface area contributed by atoms with Gasteiger partial charge in [-0.05, 0) is 47.7 Å². The minimum atomic E-state index is -1.28. The van der Waals surface area contributed by atoms with Gasteiger partial charge < -0.3 is 20.3 Å². The number of aliphatic carboxylic acids is 2. The van der Waals surface area contributed by atoms with Crippen molar-refractivity contribution >= 4 is 40.2 Å². The Hall–Kier alpha value is -4.31. The van der Waals surface area contributed by atoms with E-state index >= 15 is 0 Å². The average Bonchev–Trinajstić information content (AvgIpc) is 3.37. The molecule has 2 heterocycles. The van der Waals surface area contributed by atoms with E-state index in [2.05, 4.69) is 10.3 Å². The van der Waals surface area contributed by atoms with E-state index in [-0.39, 0.29) is 19.3 Å². The van der Waals surface area contributed by atoms with E-state index in [0.29, 0.717) is 28.4 Å². The highest BCUT2D eigenvalue weighted by atomic mass is 32.1. The van der Waals surface area contributed by atoms with Crippen LogP contribution in [0, 0.1) is 0 Å². The summed E-state index contributed by atoms with van der Waals surface area (Å²) in [6.45, 7) is 0. The van der Waals surface area contributed by atoms with Gasteiger partial charge in [0.15, 0.2) is 0 Å². The minimum absolute atomic E-state index is 0.0621. The second kappa shape index (κ2) is 10.7. The van der Waals surface area contributed by atoms with Crippen LogP contribution in [0.2, 0.25) is 0 Å². The lowest BCUT2D eigenvalue weighted by Gasteiger charge is -2.14. The van der Waals surface area contributed by atoms with E-state index in [4.69, 9.17) is 14.8 Å². The van der Waals surface area contributed by atoms with Crippen LogP contribution in [0.15, 0.2) is 66.0 Å². The van der Waals surface area contributed by atoms with Crippen LogP contribution in [0.5, 0.6) is 11.6 Å². The number of hydrogen-bond donors (Lipinski definition) is 3. The number of carbonyl (C=O) groups excluding carboxylic acids is 1. The lowest BCUT2D eigenvalue weighted by molar-refractivity contribution is -0.143. The van der Waals surface area contributed by atoms with Crippen molar-refractivity contribution in [3.05, 3.63) is 71.6 Å². The van der Waals surface area contributed by atoms with Gasteiger partial charge in [0.05, 0.1) is 22.3 Å². The van der Waals surface area contributed by atoms with Gasteiger partial charge in [0.1, 0.15) is 17.5 Å². The van der Waals surface area contributed by atoms with Gasteiger partial charge in [-0.2, -0.15) is 0 Å². The van der Waals surface area contributed by atoms with E-state index in [1.54, 1.807) is 24.3 Å². The molecular weight excluding hydrogens is 470 g/mol. The first-order valence-corrected chi connectivity index (χ1v) is 11.6. The molecule has 0 aliphatic rings. The first-order valence-electron chi connectivity index (χ1n) is 10.7. The third kappa shape index (κ3) is 6.18. The van der Waals surface area contributed by atoms with E-state index in [9.17, 15) is 19.5 Å². The minimum Gasteiger partial charge on any atom is -0.481 e. The molecule has 1 atom stereocenters. The quantitative estimate of drug-likeness (QED) is 0.301. The second-order valence-electron chi connectivity index (χ2n) is 7.66. The Balaban J connectivity index is 1.47. The van der Waals surface area contributed by atoms with Crippen LogP contribution < -0.4 is 10.1 Å². The molecule has 0 saturated heterocycles. The number of carboxylic acid groups (broad SMARTS) is 2. The Labute approximate surface area is 204 Å². The molecule has 9 nitrogen and oxygen atoms in total. The van der Waals surface area contributed by atoms with Gasteiger partial charge in [-0.3, -0.25) is 9.59 Å². The third-order valence-corrected chi connectivity index (χ3v) is 5.95. The van der Waals surface area contributed by atoms with Crippen molar-refractivity contribution in [3.63, 3.8) is 0 Å². The number of nitrogens with zero attached hydrogens (tertiary/aromatic N) is 2. The van der Waals surface area contributed by atoms with E-state index in [1.807, 2.05) is 41.8 Å². The zero-order valence-corrected chi connectivity index (χ0v) is 19.2. The maximum absolute atomic E-state index is 12.3. The Bertz CT molecular complexity index is 1360. The molecule has 0 aliphatic heterocycles. The van der Waals surface area contributed by atoms with Crippen molar-refractivity contribution in [2.24, 2.45) is 0 Å². The fourth-order valence-electron chi connectivity index (χ4n) is 3.37. The molecule has 10 heteroatoms. The number of aromatic nitrogens is 2. The van der Waals surface area contributed by atoms with Gasteiger partial charge in [-0.25, -0.2) is 14.8 Å². The number of para-hydroxylation sites is 2. The van der Waals surface area contributed by atoms with Crippen molar-refractivity contribution in [3.8, 4) is 22.2 Å². The summed E-state index contributed by atoms with van der Waals surface area (Å²) < 4.78 is 6.05. The highest BCUT2D eigenvalue weighted by Crippen LogP contribution is 2.34. The average molecular weight is 492 g/mol. The molecule has 0 saturated carbocycles. The van der Waals surface area contributed by atoms with Crippen LogP contribution >= 0.6 is 11.3 Å². The van der Waals surface area contributed by atoms with Gasteiger partial charge in [-0.1, -0.05) is 30.3 Å². The van der Waals surface area contributed by atoms with Crippen molar-refractivity contribution in [1.82, 2.24) is 15.3 Å². The number of rotatable bonds is 10. The maximum atomic E-state index is 12.3. The molecular formula is C25H21N3O6S. The number of thiophene rings is 1. The van der Waals surface area contributed by atoms with Crippen LogP contribution in [0.3, 0.4) is 0 Å². The fraction of sp³-hybridized carbons (Fsp3) is 0.160. The van der Waals surface area contributed by atoms with Gasteiger partial charge in [0.25, 0.3) is 0 Å². The Kier molecular flexibility index (Phi) is 7.32. The van der Waals surface area contributed by atoms with E-state index < -0.39 is 23.9 Å². The van der Waals surface area contributed by atoms with Crippen LogP contribution in [-0.2, 0) is 20.8 Å². The molecule has 35 heavy (non-hydrogen) atoms. The van der Waals surface area contributed by atoms with Gasteiger partial charge in [0.2, 0.25) is 11.8 Å². The zero-order valence-electron chi connectivity index (χ0n) is 18.4.